The van der Waals surface area contributed by atoms with E-state index in [0.717, 1.165) is 29.2 Å². The summed E-state index contributed by atoms with van der Waals surface area (Å²) in [6.45, 7) is 3.57. The standard InChI is InChI=1S/C12H17ClN2O/c1-9-2-3-10(6-11(9)13)15-5-4-12(14,7-15)8-16/h2-3,6,16H,4-5,7-8,14H2,1H3. The van der Waals surface area contributed by atoms with Crippen LogP contribution >= 0.6 is 11.6 Å². The second kappa shape index (κ2) is 4.24. The summed E-state index contributed by atoms with van der Waals surface area (Å²) in [5.74, 6) is 0. The van der Waals surface area contributed by atoms with Crippen LogP contribution in [0.2, 0.25) is 5.02 Å². The van der Waals surface area contributed by atoms with Gasteiger partial charge in [0.1, 0.15) is 0 Å². The summed E-state index contributed by atoms with van der Waals surface area (Å²) in [4.78, 5) is 2.17. The van der Waals surface area contributed by atoms with Crippen molar-refractivity contribution in [3.05, 3.63) is 28.8 Å². The maximum Gasteiger partial charge on any atom is 0.0629 e. The van der Waals surface area contributed by atoms with Gasteiger partial charge in [0.25, 0.3) is 0 Å². The normalized spacial score (nSPS) is 25.1. The zero-order valence-corrected chi connectivity index (χ0v) is 10.2. The summed E-state index contributed by atoms with van der Waals surface area (Å²) in [6.07, 6.45) is 0.814. The van der Waals surface area contributed by atoms with E-state index in [1.807, 2.05) is 25.1 Å². The first-order chi connectivity index (χ1) is 7.54. The quantitative estimate of drug-likeness (QED) is 0.825. The molecule has 1 aromatic rings. The van der Waals surface area contributed by atoms with Crippen molar-refractivity contribution in [3.8, 4) is 0 Å². The van der Waals surface area contributed by atoms with Crippen LogP contribution in [0.3, 0.4) is 0 Å². The van der Waals surface area contributed by atoms with E-state index in [1.165, 1.54) is 0 Å². The number of hydrogen-bond acceptors (Lipinski definition) is 3. The zero-order chi connectivity index (χ0) is 11.8. The minimum Gasteiger partial charge on any atom is -0.394 e. The third kappa shape index (κ3) is 2.17. The second-order valence-electron chi connectivity index (χ2n) is 4.63. The highest BCUT2D eigenvalue weighted by molar-refractivity contribution is 6.31. The zero-order valence-electron chi connectivity index (χ0n) is 9.41. The summed E-state index contributed by atoms with van der Waals surface area (Å²) in [5, 5.41) is 9.99. The number of aliphatic hydroxyl groups is 1. The maximum absolute atomic E-state index is 9.21. The van der Waals surface area contributed by atoms with E-state index >= 15 is 0 Å². The summed E-state index contributed by atoms with van der Waals surface area (Å²) >= 11 is 6.09. The molecule has 1 unspecified atom stereocenters. The van der Waals surface area contributed by atoms with E-state index in [1.54, 1.807) is 0 Å². The molecule has 0 spiro atoms. The van der Waals surface area contributed by atoms with Crippen LogP contribution in [0, 0.1) is 6.92 Å². The molecule has 0 aromatic heterocycles. The van der Waals surface area contributed by atoms with Gasteiger partial charge in [0, 0.05) is 23.8 Å². The summed E-state index contributed by atoms with van der Waals surface area (Å²) < 4.78 is 0. The van der Waals surface area contributed by atoms with E-state index in [0.29, 0.717) is 6.54 Å². The predicted molar refractivity (Wildman–Crippen MR) is 67.0 cm³/mol. The van der Waals surface area contributed by atoms with Crippen LogP contribution in [0.15, 0.2) is 18.2 Å². The lowest BCUT2D eigenvalue weighted by molar-refractivity contribution is 0.210. The van der Waals surface area contributed by atoms with Gasteiger partial charge in [0.05, 0.1) is 12.1 Å². The Kier molecular flexibility index (Phi) is 3.10. The third-order valence-corrected chi connectivity index (χ3v) is 3.63. The Labute approximate surface area is 101 Å². The van der Waals surface area contributed by atoms with Crippen molar-refractivity contribution in [2.45, 2.75) is 18.9 Å². The highest BCUT2D eigenvalue weighted by atomic mass is 35.5. The molecule has 1 fully saturated rings. The van der Waals surface area contributed by atoms with Crippen molar-refractivity contribution in [1.82, 2.24) is 0 Å². The van der Waals surface area contributed by atoms with Crippen molar-refractivity contribution in [2.24, 2.45) is 5.73 Å². The van der Waals surface area contributed by atoms with Crippen molar-refractivity contribution in [1.29, 1.82) is 0 Å². The van der Waals surface area contributed by atoms with Crippen LogP contribution in [0.1, 0.15) is 12.0 Å². The molecule has 0 amide bonds. The molecule has 1 atom stereocenters. The number of rotatable bonds is 2. The van der Waals surface area contributed by atoms with Crippen molar-refractivity contribution < 1.29 is 5.11 Å². The van der Waals surface area contributed by atoms with Gasteiger partial charge in [0.2, 0.25) is 0 Å². The molecule has 16 heavy (non-hydrogen) atoms. The Bertz CT molecular complexity index is 397. The second-order valence-corrected chi connectivity index (χ2v) is 5.03. The molecule has 88 valence electrons. The van der Waals surface area contributed by atoms with Crippen LogP contribution in [0.25, 0.3) is 0 Å². The minimum atomic E-state index is -0.461. The Morgan fingerprint density at radius 1 is 1.56 bits per heavy atom. The van der Waals surface area contributed by atoms with Crippen molar-refractivity contribution >= 4 is 17.3 Å². The predicted octanol–water partition coefficient (Wildman–Crippen LogP) is 1.55. The van der Waals surface area contributed by atoms with Crippen molar-refractivity contribution in [2.75, 3.05) is 24.6 Å². The molecule has 1 aromatic carbocycles. The lowest BCUT2D eigenvalue weighted by Gasteiger charge is -2.23. The molecule has 3 N–H and O–H groups in total. The molecule has 0 bridgehead atoms. The molecule has 3 nitrogen and oxygen atoms in total. The summed E-state index contributed by atoms with van der Waals surface area (Å²) in [6, 6.07) is 6.01. The lowest BCUT2D eigenvalue weighted by Crippen LogP contribution is -2.46. The molecule has 1 aliphatic heterocycles. The number of benzene rings is 1. The molecule has 0 radical (unpaired) electrons. The van der Waals surface area contributed by atoms with Gasteiger partial charge in [-0.15, -0.1) is 0 Å². The van der Waals surface area contributed by atoms with Crippen LogP contribution in [-0.2, 0) is 0 Å². The molecular weight excluding hydrogens is 224 g/mol. The van der Waals surface area contributed by atoms with Crippen LogP contribution in [-0.4, -0.2) is 30.3 Å². The average molecular weight is 241 g/mol. The average Bonchev–Trinajstić information content (AvgIpc) is 2.66. The fourth-order valence-corrected chi connectivity index (χ4v) is 2.20. The van der Waals surface area contributed by atoms with Gasteiger partial charge in [-0.25, -0.2) is 0 Å². The van der Waals surface area contributed by atoms with Gasteiger partial charge >= 0.3 is 0 Å². The number of nitrogens with zero attached hydrogens (tertiary/aromatic N) is 1. The summed E-state index contributed by atoms with van der Waals surface area (Å²) in [5.41, 5.74) is 7.72. The molecule has 4 heteroatoms. The molecule has 1 aliphatic rings. The molecule has 0 saturated carbocycles. The molecule has 1 saturated heterocycles. The molecule has 2 rings (SSSR count). The maximum atomic E-state index is 9.21. The van der Waals surface area contributed by atoms with E-state index in [2.05, 4.69) is 4.90 Å². The molecular formula is C12H17ClN2O. The summed E-state index contributed by atoms with van der Waals surface area (Å²) in [7, 11) is 0. The highest BCUT2D eigenvalue weighted by Gasteiger charge is 2.33. The smallest absolute Gasteiger partial charge is 0.0629 e. The fourth-order valence-electron chi connectivity index (χ4n) is 2.02. The fraction of sp³-hybridized carbons (Fsp3) is 0.500. The van der Waals surface area contributed by atoms with Gasteiger partial charge in [-0.3, -0.25) is 0 Å². The number of aliphatic hydroxyl groups excluding tert-OH is 1. The highest BCUT2D eigenvalue weighted by Crippen LogP contribution is 2.28. The van der Waals surface area contributed by atoms with Gasteiger partial charge in [0.15, 0.2) is 0 Å². The minimum absolute atomic E-state index is 0.0308. The Balaban J connectivity index is 2.17. The van der Waals surface area contributed by atoms with Gasteiger partial charge in [-0.2, -0.15) is 0 Å². The van der Waals surface area contributed by atoms with Crippen LogP contribution in [0.4, 0.5) is 5.69 Å². The third-order valence-electron chi connectivity index (χ3n) is 3.22. The Morgan fingerprint density at radius 2 is 2.31 bits per heavy atom. The van der Waals surface area contributed by atoms with E-state index < -0.39 is 5.54 Å². The van der Waals surface area contributed by atoms with E-state index in [4.69, 9.17) is 17.3 Å². The van der Waals surface area contributed by atoms with Gasteiger partial charge in [-0.1, -0.05) is 17.7 Å². The van der Waals surface area contributed by atoms with Gasteiger partial charge in [-0.05, 0) is 31.0 Å². The first-order valence-electron chi connectivity index (χ1n) is 5.45. The van der Waals surface area contributed by atoms with E-state index in [-0.39, 0.29) is 6.61 Å². The largest absolute Gasteiger partial charge is 0.394 e. The van der Waals surface area contributed by atoms with Crippen LogP contribution < -0.4 is 10.6 Å². The number of halogens is 1. The molecule has 0 aliphatic carbocycles. The lowest BCUT2D eigenvalue weighted by atomic mass is 10.0. The SMILES string of the molecule is Cc1ccc(N2CCC(N)(CO)C2)cc1Cl. The van der Waals surface area contributed by atoms with Gasteiger partial charge < -0.3 is 15.7 Å². The topological polar surface area (TPSA) is 49.5 Å². The number of anilines is 1. The number of nitrogens with two attached hydrogens (primary N) is 1. The monoisotopic (exact) mass is 240 g/mol. The van der Waals surface area contributed by atoms with Crippen LogP contribution in [0.5, 0.6) is 0 Å². The number of aryl methyl sites for hydroxylation is 1. The number of hydrogen-bond donors (Lipinski definition) is 2. The Hall–Kier alpha value is -0.770. The molecule has 1 heterocycles. The Morgan fingerprint density at radius 3 is 2.88 bits per heavy atom. The first-order valence-corrected chi connectivity index (χ1v) is 5.83. The van der Waals surface area contributed by atoms with Crippen molar-refractivity contribution in [3.63, 3.8) is 0 Å². The first kappa shape index (κ1) is 11.7. The van der Waals surface area contributed by atoms with E-state index in [9.17, 15) is 5.11 Å².